The van der Waals surface area contributed by atoms with E-state index in [1.807, 2.05) is 0 Å². The number of nitrogens with zero attached hydrogens (tertiary/aromatic N) is 4. The van der Waals surface area contributed by atoms with Crippen LogP contribution in [-0.4, -0.2) is 44.9 Å². The van der Waals surface area contributed by atoms with Crippen molar-refractivity contribution in [3.63, 3.8) is 0 Å². The molecule has 2 saturated heterocycles. The van der Waals surface area contributed by atoms with Crippen molar-refractivity contribution in [2.24, 2.45) is 5.11 Å². The van der Waals surface area contributed by atoms with Crippen LogP contribution >= 0.6 is 11.8 Å². The quantitative estimate of drug-likeness (QED) is 0.185. The van der Waals surface area contributed by atoms with Gasteiger partial charge in [0.25, 0.3) is 0 Å². The Bertz CT molecular complexity index is 814. The molecule has 1 N–H and O–H groups in total. The van der Waals surface area contributed by atoms with Crippen molar-refractivity contribution in [1.82, 2.24) is 10.2 Å². The summed E-state index contributed by atoms with van der Waals surface area (Å²) < 4.78 is -0.734. The summed E-state index contributed by atoms with van der Waals surface area (Å²) in [6, 6.07) is 5.44. The second kappa shape index (κ2) is 8.52. The average molecular weight is 414 g/mol. The van der Waals surface area contributed by atoms with Crippen molar-refractivity contribution >= 4 is 29.5 Å². The van der Waals surface area contributed by atoms with Gasteiger partial charge in [0.1, 0.15) is 17.5 Å². The molecule has 0 radical (unpaired) electrons. The Labute approximate surface area is 202 Å². The van der Waals surface area contributed by atoms with Crippen LogP contribution in [-0.2, 0) is 14.4 Å². The predicted molar refractivity (Wildman–Crippen MR) is 91.4 cm³/mol. The largest absolute Gasteiger partial charge is 1.00 e. The molecule has 136 valence electrons. The van der Waals surface area contributed by atoms with E-state index >= 15 is 0 Å². The summed E-state index contributed by atoms with van der Waals surface area (Å²) in [5.74, 6) is -2.41. The molecule has 0 aromatic heterocycles. The molecule has 2 aliphatic heterocycles. The minimum atomic E-state index is -1.32. The average Bonchev–Trinajstić information content (AvgIpc) is 2.86. The number of hydrogen-bond acceptors (Lipinski definition) is 6. The molecule has 0 aliphatic carbocycles. The van der Waals surface area contributed by atoms with Gasteiger partial charge in [0, 0.05) is 9.66 Å². The summed E-state index contributed by atoms with van der Waals surface area (Å²) in [5, 5.41) is 17.0. The molecule has 0 unspecified atom stereocenters. The van der Waals surface area contributed by atoms with Crippen LogP contribution in [0.3, 0.4) is 0 Å². The topological polar surface area (TPSA) is 138 Å². The number of thioether (sulfide) groups is 1. The predicted octanol–water partition coefficient (Wildman–Crippen LogP) is -2.66. The Morgan fingerprint density at radius 1 is 1.37 bits per heavy atom. The van der Waals surface area contributed by atoms with E-state index in [0.29, 0.717) is 5.56 Å². The fraction of sp³-hybridized carbons (Fsp3) is 0.438. The Balaban J connectivity index is 0.00000261. The molecular weight excluding hydrogens is 397 g/mol. The van der Waals surface area contributed by atoms with Crippen molar-refractivity contribution < 1.29 is 70.9 Å². The molecule has 1 aromatic rings. The van der Waals surface area contributed by atoms with Gasteiger partial charge in [-0.25, -0.2) is 0 Å². The van der Waals surface area contributed by atoms with Gasteiger partial charge < -0.3 is 20.1 Å². The van der Waals surface area contributed by atoms with Gasteiger partial charge in [-0.1, -0.05) is 35.4 Å². The number of carboxylic acids is 1. The number of carbonyl (C=O) groups excluding carboxylic acids is 3. The minimum Gasteiger partial charge on any atom is -0.548 e. The molecule has 0 spiro atoms. The number of carboxylic acid groups (broad SMARTS) is 1. The minimum absolute atomic E-state index is 0. The molecule has 0 bridgehead atoms. The monoisotopic (exact) mass is 413 g/mol. The number of nitrogens with one attached hydrogen (secondary N) is 1. The van der Waals surface area contributed by atoms with Crippen molar-refractivity contribution in [1.29, 1.82) is 0 Å². The zero-order valence-electron chi connectivity index (χ0n) is 15.0. The van der Waals surface area contributed by atoms with Gasteiger partial charge in [0.15, 0.2) is 0 Å². The number of rotatable bonds is 5. The SMILES string of the molecule is CC1(C)S[C@@H]2[C@H](NC(=O)[C@H](N=[N+]=[N-])c3ccccc3)C(=O)N2[C@H]1C(=O)[O-].[K+]. The summed E-state index contributed by atoms with van der Waals surface area (Å²) in [5.41, 5.74) is 9.24. The zero-order chi connectivity index (χ0) is 19.1. The van der Waals surface area contributed by atoms with Crippen LogP contribution in [0.2, 0.25) is 0 Å². The molecule has 11 heteroatoms. The van der Waals surface area contributed by atoms with Gasteiger partial charge in [0.2, 0.25) is 11.8 Å². The van der Waals surface area contributed by atoms with E-state index in [4.69, 9.17) is 5.53 Å². The van der Waals surface area contributed by atoms with Gasteiger partial charge in [-0.3, -0.25) is 9.59 Å². The van der Waals surface area contributed by atoms with Gasteiger partial charge >= 0.3 is 51.4 Å². The Kier molecular flexibility index (Phi) is 7.01. The van der Waals surface area contributed by atoms with Crippen LogP contribution in [0.1, 0.15) is 25.5 Å². The van der Waals surface area contributed by atoms with Crippen LogP contribution in [0, 0.1) is 0 Å². The molecule has 1 aromatic carbocycles. The second-order valence-electron chi connectivity index (χ2n) is 6.58. The van der Waals surface area contributed by atoms with E-state index in [2.05, 4.69) is 15.3 Å². The number of amides is 2. The molecule has 2 amide bonds. The molecule has 0 saturated carbocycles. The number of aliphatic carboxylic acids is 1. The summed E-state index contributed by atoms with van der Waals surface area (Å²) in [6.45, 7) is 3.44. The number of carbonyl (C=O) groups is 3. The van der Waals surface area contributed by atoms with Crippen molar-refractivity contribution in [3.05, 3.63) is 46.3 Å². The molecule has 4 atom stereocenters. The maximum atomic E-state index is 12.6. The summed E-state index contributed by atoms with van der Waals surface area (Å²) in [7, 11) is 0. The first-order chi connectivity index (χ1) is 12.3. The van der Waals surface area contributed by atoms with E-state index in [0.717, 1.165) is 0 Å². The van der Waals surface area contributed by atoms with Gasteiger partial charge in [-0.05, 0) is 24.9 Å². The summed E-state index contributed by atoms with van der Waals surface area (Å²) >= 11 is 1.29. The molecule has 3 rings (SSSR count). The zero-order valence-corrected chi connectivity index (χ0v) is 19.0. The third kappa shape index (κ3) is 4.04. The van der Waals surface area contributed by atoms with E-state index in [1.54, 1.807) is 44.2 Å². The standard InChI is InChI=1S/C16H17N5O4S.K/c1-16(2)11(15(24)25)21-13(23)10(14(21)26-16)18-12(22)9(19-20-17)8-6-4-3-5-7-8;/h3-7,9-11,14H,1-2H3,(H,18,22)(H,24,25);/q;+1/p-1/t9-,10-,11+,14-;/m1./s1. The Morgan fingerprint density at radius 3 is 2.56 bits per heavy atom. The number of azide groups is 1. The third-order valence-electron chi connectivity index (χ3n) is 4.49. The van der Waals surface area contributed by atoms with E-state index in [9.17, 15) is 19.5 Å². The van der Waals surface area contributed by atoms with Crippen molar-refractivity contribution in [2.45, 2.75) is 42.1 Å². The molecule has 27 heavy (non-hydrogen) atoms. The van der Waals surface area contributed by atoms with E-state index in [-0.39, 0.29) is 51.4 Å². The maximum absolute atomic E-state index is 12.6. The first-order valence-electron chi connectivity index (χ1n) is 7.88. The van der Waals surface area contributed by atoms with Crippen LogP contribution in [0.4, 0.5) is 0 Å². The Hall–Kier alpha value is -1.07. The van der Waals surface area contributed by atoms with Crippen molar-refractivity contribution in [2.75, 3.05) is 0 Å². The maximum Gasteiger partial charge on any atom is 1.00 e. The molecule has 9 nitrogen and oxygen atoms in total. The number of β-lactam (4-membered cyclic amide) rings is 1. The number of hydrogen-bond donors (Lipinski definition) is 1. The molecule has 2 aliphatic rings. The first-order valence-corrected chi connectivity index (χ1v) is 8.76. The van der Waals surface area contributed by atoms with E-state index < -0.39 is 46.0 Å². The van der Waals surface area contributed by atoms with Gasteiger partial charge in [0.05, 0.1) is 12.0 Å². The Morgan fingerprint density at radius 2 is 2.00 bits per heavy atom. The van der Waals surface area contributed by atoms with Gasteiger partial charge in [-0.2, -0.15) is 0 Å². The smallest absolute Gasteiger partial charge is 0.548 e. The van der Waals surface area contributed by atoms with Crippen molar-refractivity contribution in [3.8, 4) is 0 Å². The summed E-state index contributed by atoms with van der Waals surface area (Å²) in [6.07, 6.45) is 0. The van der Waals surface area contributed by atoms with Crippen LogP contribution in [0.25, 0.3) is 10.4 Å². The van der Waals surface area contributed by atoms with Crippen LogP contribution < -0.4 is 61.8 Å². The molecule has 2 heterocycles. The fourth-order valence-corrected chi connectivity index (χ4v) is 4.94. The molecule has 2 fully saturated rings. The molecular formula is C16H16KN5O4S. The fourth-order valence-electron chi connectivity index (χ4n) is 3.32. The van der Waals surface area contributed by atoms with E-state index in [1.165, 1.54) is 16.7 Å². The number of fused-ring (bicyclic) bond motifs is 1. The van der Waals surface area contributed by atoms with Gasteiger partial charge in [-0.15, -0.1) is 11.8 Å². The van der Waals surface area contributed by atoms with Crippen LogP contribution in [0.15, 0.2) is 35.4 Å². The summed E-state index contributed by atoms with van der Waals surface area (Å²) in [4.78, 5) is 40.3. The van der Waals surface area contributed by atoms with Crippen LogP contribution in [0.5, 0.6) is 0 Å². The second-order valence-corrected chi connectivity index (χ2v) is 8.35. The number of benzene rings is 1. The normalized spacial score (nSPS) is 25.9. The third-order valence-corrected chi connectivity index (χ3v) is 6.06. The first kappa shape index (κ1) is 22.2.